The van der Waals surface area contributed by atoms with Crippen molar-refractivity contribution < 1.29 is 4.79 Å². The molecule has 0 aliphatic rings. The number of pyridine rings is 2. The number of aryl methyl sites for hydroxylation is 2. The summed E-state index contributed by atoms with van der Waals surface area (Å²) in [6, 6.07) is 23.8. The number of nitrogens with one attached hydrogen (secondary N) is 1. The Bertz CT molecular complexity index is 1140. The summed E-state index contributed by atoms with van der Waals surface area (Å²) < 4.78 is 0. The summed E-state index contributed by atoms with van der Waals surface area (Å²) in [5.74, 6) is -0.0960. The van der Waals surface area contributed by atoms with E-state index in [1.807, 2.05) is 62.4 Å². The first-order valence-corrected chi connectivity index (χ1v) is 10.2. The molecule has 5 heteroatoms. The molecule has 0 spiro atoms. The standard InChI is InChI=1S/C14H14N2O.C12H14N2/c1-11-7-8-13(10-15-11)14(17)16-9-12-5-3-2-4-6-12;1-9-8-12(14(2)3)10-6-4-5-7-11(10)13-9/h2-8,10H,9H2,1H3,(H,16,17);4-8H,1-3H3. The van der Waals surface area contributed by atoms with Crippen molar-refractivity contribution in [2.45, 2.75) is 20.4 Å². The molecule has 1 amide bonds. The molecule has 0 saturated carbocycles. The van der Waals surface area contributed by atoms with Crippen LogP contribution in [-0.2, 0) is 6.54 Å². The van der Waals surface area contributed by atoms with Crippen molar-refractivity contribution in [2.75, 3.05) is 19.0 Å². The van der Waals surface area contributed by atoms with Gasteiger partial charge in [-0.1, -0.05) is 48.5 Å². The van der Waals surface area contributed by atoms with Crippen LogP contribution in [-0.4, -0.2) is 30.0 Å². The lowest BCUT2D eigenvalue weighted by atomic mass is 10.1. The van der Waals surface area contributed by atoms with Crippen LogP contribution in [0.2, 0.25) is 0 Å². The van der Waals surface area contributed by atoms with Gasteiger partial charge in [-0.3, -0.25) is 14.8 Å². The SMILES string of the molecule is Cc1cc(N(C)C)c2ccccc2n1.Cc1ccc(C(=O)NCc2ccccc2)cn1. The fraction of sp³-hybridized carbons (Fsp3) is 0.192. The van der Waals surface area contributed by atoms with E-state index in [0.29, 0.717) is 12.1 Å². The zero-order valence-electron chi connectivity index (χ0n) is 18.5. The summed E-state index contributed by atoms with van der Waals surface area (Å²) in [5.41, 5.74) is 5.94. The molecule has 0 bridgehead atoms. The maximum Gasteiger partial charge on any atom is 0.253 e. The van der Waals surface area contributed by atoms with E-state index in [9.17, 15) is 4.79 Å². The van der Waals surface area contributed by atoms with Crippen LogP contribution < -0.4 is 10.2 Å². The van der Waals surface area contributed by atoms with Gasteiger partial charge in [0.05, 0.1) is 11.1 Å². The molecule has 0 atom stereocenters. The van der Waals surface area contributed by atoms with Crippen LogP contribution in [0.5, 0.6) is 0 Å². The summed E-state index contributed by atoms with van der Waals surface area (Å²) in [6.45, 7) is 4.46. The van der Waals surface area contributed by atoms with Gasteiger partial charge in [0.1, 0.15) is 0 Å². The van der Waals surface area contributed by atoms with Gasteiger partial charge in [0.25, 0.3) is 5.91 Å². The predicted octanol–water partition coefficient (Wildman–Crippen LogP) is 4.93. The van der Waals surface area contributed by atoms with Gasteiger partial charge in [-0.25, -0.2) is 0 Å². The molecule has 5 nitrogen and oxygen atoms in total. The number of rotatable bonds is 4. The second kappa shape index (κ2) is 10.3. The normalized spacial score (nSPS) is 10.2. The summed E-state index contributed by atoms with van der Waals surface area (Å²) >= 11 is 0. The van der Waals surface area contributed by atoms with Gasteiger partial charge in [0, 0.05) is 49.3 Å². The molecule has 0 aliphatic heterocycles. The number of carbonyl (C=O) groups excluding carboxylic acids is 1. The maximum absolute atomic E-state index is 11.8. The number of anilines is 1. The summed E-state index contributed by atoms with van der Waals surface area (Å²) in [7, 11) is 4.11. The van der Waals surface area contributed by atoms with Crippen molar-refractivity contribution in [3.05, 3.63) is 102 Å². The van der Waals surface area contributed by atoms with E-state index in [2.05, 4.69) is 52.5 Å². The average molecular weight is 413 g/mol. The van der Waals surface area contributed by atoms with Crippen LogP contribution in [0.4, 0.5) is 5.69 Å². The van der Waals surface area contributed by atoms with Gasteiger partial charge in [-0.2, -0.15) is 0 Å². The number of nitrogens with zero attached hydrogens (tertiary/aromatic N) is 3. The van der Waals surface area contributed by atoms with Gasteiger partial charge >= 0.3 is 0 Å². The highest BCUT2D eigenvalue weighted by Crippen LogP contribution is 2.24. The Balaban J connectivity index is 0.000000179. The molecule has 0 fully saturated rings. The highest BCUT2D eigenvalue weighted by Gasteiger charge is 2.05. The minimum atomic E-state index is -0.0960. The molecule has 1 N–H and O–H groups in total. The molecule has 0 aliphatic carbocycles. The van der Waals surface area contributed by atoms with Gasteiger partial charge in [-0.15, -0.1) is 0 Å². The van der Waals surface area contributed by atoms with E-state index in [1.165, 1.54) is 11.1 Å². The Morgan fingerprint density at radius 2 is 1.61 bits per heavy atom. The molecule has 0 saturated heterocycles. The predicted molar refractivity (Wildman–Crippen MR) is 127 cm³/mol. The van der Waals surface area contributed by atoms with Crippen molar-refractivity contribution in [1.29, 1.82) is 0 Å². The third kappa shape index (κ3) is 6.12. The molecule has 31 heavy (non-hydrogen) atoms. The van der Waals surface area contributed by atoms with Crippen LogP contribution in [0.15, 0.2) is 79.0 Å². The number of hydrogen-bond acceptors (Lipinski definition) is 4. The van der Waals surface area contributed by atoms with Crippen molar-refractivity contribution >= 4 is 22.5 Å². The second-order valence-corrected chi connectivity index (χ2v) is 7.55. The number of aromatic nitrogens is 2. The smallest absolute Gasteiger partial charge is 0.253 e. The summed E-state index contributed by atoms with van der Waals surface area (Å²) in [5, 5.41) is 4.07. The Kier molecular flexibility index (Phi) is 7.33. The van der Waals surface area contributed by atoms with Gasteiger partial charge in [0.2, 0.25) is 0 Å². The maximum atomic E-state index is 11.8. The summed E-state index contributed by atoms with van der Waals surface area (Å²) in [6.07, 6.45) is 1.59. The van der Waals surface area contributed by atoms with Gasteiger partial charge < -0.3 is 10.2 Å². The van der Waals surface area contributed by atoms with Crippen LogP contribution in [0, 0.1) is 13.8 Å². The van der Waals surface area contributed by atoms with Gasteiger partial charge in [-0.05, 0) is 43.7 Å². The molecule has 2 aromatic carbocycles. The number of para-hydroxylation sites is 1. The van der Waals surface area contributed by atoms with Crippen molar-refractivity contribution in [3.63, 3.8) is 0 Å². The largest absolute Gasteiger partial charge is 0.377 e. The van der Waals surface area contributed by atoms with Gasteiger partial charge in [0.15, 0.2) is 0 Å². The molecular weight excluding hydrogens is 384 g/mol. The van der Waals surface area contributed by atoms with E-state index in [4.69, 9.17) is 0 Å². The first-order valence-electron chi connectivity index (χ1n) is 10.2. The quantitative estimate of drug-likeness (QED) is 0.516. The zero-order valence-corrected chi connectivity index (χ0v) is 18.5. The molecule has 0 unspecified atom stereocenters. The van der Waals surface area contributed by atoms with Crippen LogP contribution in [0.25, 0.3) is 10.9 Å². The third-order valence-corrected chi connectivity index (χ3v) is 4.77. The Morgan fingerprint density at radius 1 is 0.903 bits per heavy atom. The monoisotopic (exact) mass is 412 g/mol. The number of hydrogen-bond donors (Lipinski definition) is 1. The average Bonchev–Trinajstić information content (AvgIpc) is 2.78. The molecule has 0 radical (unpaired) electrons. The lowest BCUT2D eigenvalue weighted by Crippen LogP contribution is -2.22. The van der Waals surface area contributed by atoms with E-state index in [-0.39, 0.29) is 5.91 Å². The Hall–Kier alpha value is -3.73. The minimum absolute atomic E-state index is 0.0960. The topological polar surface area (TPSA) is 58.1 Å². The second-order valence-electron chi connectivity index (χ2n) is 7.55. The molecule has 2 aromatic heterocycles. The van der Waals surface area contributed by atoms with Crippen molar-refractivity contribution in [2.24, 2.45) is 0 Å². The highest BCUT2D eigenvalue weighted by molar-refractivity contribution is 5.93. The first-order chi connectivity index (χ1) is 14.9. The lowest BCUT2D eigenvalue weighted by molar-refractivity contribution is 0.0950. The van der Waals surface area contributed by atoms with Crippen molar-refractivity contribution in [1.82, 2.24) is 15.3 Å². The lowest BCUT2D eigenvalue weighted by Gasteiger charge is -2.15. The number of benzene rings is 2. The number of fused-ring (bicyclic) bond motifs is 1. The third-order valence-electron chi connectivity index (χ3n) is 4.77. The molecule has 158 valence electrons. The van der Waals surface area contributed by atoms with Crippen molar-refractivity contribution in [3.8, 4) is 0 Å². The first kappa shape index (κ1) is 22.0. The fourth-order valence-corrected chi connectivity index (χ4v) is 3.14. The number of carbonyl (C=O) groups is 1. The molecule has 4 aromatic rings. The molecular formula is C26H28N4O. The summed E-state index contributed by atoms with van der Waals surface area (Å²) in [4.78, 5) is 22.5. The molecule has 2 heterocycles. The highest BCUT2D eigenvalue weighted by atomic mass is 16.1. The van der Waals surface area contributed by atoms with Crippen LogP contribution in [0.3, 0.4) is 0 Å². The van der Waals surface area contributed by atoms with E-state index < -0.39 is 0 Å². The number of amides is 1. The fourth-order valence-electron chi connectivity index (χ4n) is 3.14. The molecule has 4 rings (SSSR count). The minimum Gasteiger partial charge on any atom is -0.377 e. The zero-order chi connectivity index (χ0) is 22.2. The van der Waals surface area contributed by atoms with E-state index in [0.717, 1.165) is 22.5 Å². The Labute approximate surface area is 183 Å². The van der Waals surface area contributed by atoms with E-state index >= 15 is 0 Å². The van der Waals surface area contributed by atoms with E-state index in [1.54, 1.807) is 12.3 Å². The van der Waals surface area contributed by atoms with Crippen LogP contribution >= 0.6 is 0 Å². The van der Waals surface area contributed by atoms with Crippen LogP contribution in [0.1, 0.15) is 27.3 Å². The Morgan fingerprint density at radius 3 is 2.29 bits per heavy atom.